The van der Waals surface area contributed by atoms with E-state index < -0.39 is 0 Å². The predicted molar refractivity (Wildman–Crippen MR) is 81.1 cm³/mol. The number of aryl methyl sites for hydroxylation is 1. The Bertz CT molecular complexity index is 656. The van der Waals surface area contributed by atoms with Gasteiger partial charge in [-0.25, -0.2) is 5.10 Å². The average Bonchev–Trinajstić information content (AvgIpc) is 2.47. The number of hydrogen-bond acceptors (Lipinski definition) is 5. The van der Waals surface area contributed by atoms with Crippen LogP contribution in [0, 0.1) is 6.92 Å². The second kappa shape index (κ2) is 8.89. The van der Waals surface area contributed by atoms with Crippen molar-refractivity contribution in [2.75, 3.05) is 5.75 Å². The number of hydrogen-bond donors (Lipinski definition) is 1. The minimum atomic E-state index is -0.175. The molecule has 0 fully saturated rings. The fraction of sp³-hybridized carbons (Fsp3) is 0.267. The summed E-state index contributed by atoms with van der Waals surface area (Å²) in [6.07, 6.45) is 1.42. The van der Waals surface area contributed by atoms with Gasteiger partial charge in [0, 0.05) is 16.5 Å². The van der Waals surface area contributed by atoms with E-state index in [1.165, 1.54) is 22.9 Å². The van der Waals surface area contributed by atoms with E-state index in [2.05, 4.69) is 36.2 Å². The zero-order chi connectivity index (χ0) is 15.7. The van der Waals surface area contributed by atoms with Crippen molar-refractivity contribution in [2.24, 2.45) is 0 Å². The molecule has 0 aliphatic rings. The van der Waals surface area contributed by atoms with Crippen molar-refractivity contribution in [1.29, 1.82) is 0 Å². The molecule has 110 valence electrons. The Morgan fingerprint density at radius 3 is 2.48 bits per heavy atom. The Balaban J connectivity index is 0.000000677. The summed E-state index contributed by atoms with van der Waals surface area (Å²) in [6.45, 7) is 4.29. The van der Waals surface area contributed by atoms with Gasteiger partial charge in [-0.05, 0) is 42.9 Å². The molecule has 5 nitrogen and oxygen atoms in total. The zero-order valence-electron chi connectivity index (χ0n) is 11.9. The highest BCUT2D eigenvalue weighted by Gasteiger charge is 2.03. The molecular formula is C15H16N2O3S. The quantitative estimate of drug-likeness (QED) is 0.878. The van der Waals surface area contributed by atoms with Crippen LogP contribution in [-0.2, 0) is 9.59 Å². The van der Waals surface area contributed by atoms with E-state index in [0.29, 0.717) is 0 Å². The first kappa shape index (κ1) is 16.9. The van der Waals surface area contributed by atoms with Crippen molar-refractivity contribution < 1.29 is 9.59 Å². The highest BCUT2D eigenvalue weighted by molar-refractivity contribution is 7.99. The van der Waals surface area contributed by atoms with Crippen molar-refractivity contribution in [3.8, 4) is 11.3 Å². The lowest BCUT2D eigenvalue weighted by Gasteiger charge is -2.07. The fourth-order valence-electron chi connectivity index (χ4n) is 1.69. The number of carbonyl (C=O) groups excluding carboxylic acids is 2. The zero-order valence-corrected chi connectivity index (χ0v) is 12.7. The summed E-state index contributed by atoms with van der Waals surface area (Å²) in [5, 5.41) is 6.49. The first-order valence-corrected chi connectivity index (χ1v) is 7.39. The molecule has 2 rings (SSSR count). The van der Waals surface area contributed by atoms with Crippen LogP contribution in [0.5, 0.6) is 0 Å². The van der Waals surface area contributed by atoms with Crippen molar-refractivity contribution in [2.45, 2.75) is 25.2 Å². The molecule has 0 unspecified atom stereocenters. The molecule has 0 radical (unpaired) electrons. The number of nitrogens with zero attached hydrogens (tertiary/aromatic N) is 1. The summed E-state index contributed by atoms with van der Waals surface area (Å²) in [7, 11) is 0. The van der Waals surface area contributed by atoms with E-state index in [0.717, 1.165) is 17.0 Å². The van der Waals surface area contributed by atoms with E-state index >= 15 is 0 Å². The smallest absolute Gasteiger partial charge is 0.268 e. The molecule has 0 aliphatic heterocycles. The predicted octanol–water partition coefficient (Wildman–Crippen LogP) is 2.66. The van der Waals surface area contributed by atoms with Crippen LogP contribution in [0.15, 0.2) is 40.0 Å². The lowest BCUT2D eigenvalue weighted by Crippen LogP contribution is -2.05. The molecule has 1 N–H and O–H groups in total. The SMILES string of the molecule is CCCSc1ccc(-c2ccc(=O)[nH]n2)cc1C.O=C=O. The Morgan fingerprint density at radius 1 is 1.24 bits per heavy atom. The third-order valence-corrected chi connectivity index (χ3v) is 3.99. The monoisotopic (exact) mass is 304 g/mol. The summed E-state index contributed by atoms with van der Waals surface area (Å²) in [5.41, 5.74) is 2.90. The summed E-state index contributed by atoms with van der Waals surface area (Å²) in [5.74, 6) is 1.14. The third-order valence-electron chi connectivity index (χ3n) is 2.61. The van der Waals surface area contributed by atoms with E-state index in [9.17, 15) is 4.79 Å². The van der Waals surface area contributed by atoms with Crippen LogP contribution in [0.4, 0.5) is 0 Å². The maximum Gasteiger partial charge on any atom is 0.373 e. The van der Waals surface area contributed by atoms with Crippen molar-refractivity contribution >= 4 is 17.9 Å². The third kappa shape index (κ3) is 5.38. The lowest BCUT2D eigenvalue weighted by molar-refractivity contribution is -0.191. The van der Waals surface area contributed by atoms with E-state index in [1.54, 1.807) is 6.07 Å². The molecule has 0 spiro atoms. The van der Waals surface area contributed by atoms with Gasteiger partial charge >= 0.3 is 6.15 Å². The molecular weight excluding hydrogens is 288 g/mol. The van der Waals surface area contributed by atoms with Gasteiger partial charge in [0.1, 0.15) is 0 Å². The van der Waals surface area contributed by atoms with Crippen molar-refractivity contribution in [3.05, 3.63) is 46.2 Å². The summed E-state index contributed by atoms with van der Waals surface area (Å²) >= 11 is 1.88. The molecule has 0 bridgehead atoms. The van der Waals surface area contributed by atoms with Crippen LogP contribution >= 0.6 is 11.8 Å². The minimum absolute atomic E-state index is 0.175. The Kier molecular flexibility index (Phi) is 7.15. The summed E-state index contributed by atoms with van der Waals surface area (Å²) in [6, 6.07) is 9.52. The van der Waals surface area contributed by atoms with Gasteiger partial charge in [0.2, 0.25) is 0 Å². The second-order valence-electron chi connectivity index (χ2n) is 4.22. The minimum Gasteiger partial charge on any atom is -0.268 e. The second-order valence-corrected chi connectivity index (χ2v) is 5.36. The van der Waals surface area contributed by atoms with Gasteiger partial charge in [0.25, 0.3) is 5.56 Å². The van der Waals surface area contributed by atoms with Gasteiger partial charge in [-0.15, -0.1) is 11.8 Å². The molecule has 1 aromatic heterocycles. The van der Waals surface area contributed by atoms with Crippen molar-refractivity contribution in [3.63, 3.8) is 0 Å². The molecule has 1 aromatic carbocycles. The van der Waals surface area contributed by atoms with Gasteiger partial charge in [0.05, 0.1) is 5.69 Å². The Morgan fingerprint density at radius 2 is 1.95 bits per heavy atom. The Labute approximate surface area is 126 Å². The maximum atomic E-state index is 11.0. The van der Waals surface area contributed by atoms with Crippen LogP contribution < -0.4 is 5.56 Å². The molecule has 0 atom stereocenters. The van der Waals surface area contributed by atoms with E-state index in [1.807, 2.05) is 17.8 Å². The molecule has 6 heteroatoms. The van der Waals surface area contributed by atoms with Crippen LogP contribution in [-0.4, -0.2) is 22.1 Å². The average molecular weight is 304 g/mol. The van der Waals surface area contributed by atoms with Crippen LogP contribution in [0.3, 0.4) is 0 Å². The van der Waals surface area contributed by atoms with Crippen LogP contribution in [0.1, 0.15) is 18.9 Å². The highest BCUT2D eigenvalue weighted by atomic mass is 32.2. The summed E-state index contributed by atoms with van der Waals surface area (Å²) < 4.78 is 0. The number of thioether (sulfide) groups is 1. The lowest BCUT2D eigenvalue weighted by atomic mass is 10.1. The van der Waals surface area contributed by atoms with E-state index in [-0.39, 0.29) is 11.7 Å². The topological polar surface area (TPSA) is 79.9 Å². The largest absolute Gasteiger partial charge is 0.373 e. The summed E-state index contributed by atoms with van der Waals surface area (Å²) in [4.78, 5) is 28.5. The number of nitrogens with one attached hydrogen (secondary N) is 1. The van der Waals surface area contributed by atoms with Crippen molar-refractivity contribution in [1.82, 2.24) is 10.2 Å². The first-order chi connectivity index (χ1) is 10.1. The first-order valence-electron chi connectivity index (χ1n) is 6.41. The molecule has 1 heterocycles. The number of benzene rings is 1. The highest BCUT2D eigenvalue weighted by Crippen LogP contribution is 2.27. The van der Waals surface area contributed by atoms with Gasteiger partial charge in [-0.3, -0.25) is 4.79 Å². The standard InChI is InChI=1S/C14H16N2OS.CO2/c1-3-8-18-13-6-4-11(9-10(13)2)12-5-7-14(17)16-15-12;2-1-3/h4-7,9H,3,8H2,1-2H3,(H,16,17);. The van der Waals surface area contributed by atoms with Crippen LogP contribution in [0.25, 0.3) is 11.3 Å². The molecule has 0 saturated heterocycles. The van der Waals surface area contributed by atoms with Gasteiger partial charge < -0.3 is 0 Å². The number of rotatable bonds is 4. The molecule has 0 aliphatic carbocycles. The maximum absolute atomic E-state index is 11.0. The number of H-pyrrole nitrogens is 1. The van der Waals surface area contributed by atoms with Gasteiger partial charge in [0.15, 0.2) is 0 Å². The van der Waals surface area contributed by atoms with Gasteiger partial charge in [-0.2, -0.15) is 14.7 Å². The number of aromatic nitrogens is 2. The fourth-order valence-corrected chi connectivity index (χ4v) is 2.56. The molecule has 0 amide bonds. The molecule has 0 saturated carbocycles. The molecule has 2 aromatic rings. The van der Waals surface area contributed by atoms with Gasteiger partial charge in [-0.1, -0.05) is 13.0 Å². The molecule has 21 heavy (non-hydrogen) atoms. The van der Waals surface area contributed by atoms with E-state index in [4.69, 9.17) is 9.59 Å². The van der Waals surface area contributed by atoms with Crippen LogP contribution in [0.2, 0.25) is 0 Å². The normalized spacial score (nSPS) is 9.43. The number of aromatic amines is 1. The Hall–Kier alpha value is -2.17.